The van der Waals surface area contributed by atoms with E-state index in [9.17, 15) is 4.79 Å². The van der Waals surface area contributed by atoms with E-state index in [1.807, 2.05) is 60.7 Å². The summed E-state index contributed by atoms with van der Waals surface area (Å²) in [7, 11) is 0. The normalized spacial score (nSPS) is 15.3. The molecular weight excluding hydrogens is 286 g/mol. The number of hydrogen-bond acceptors (Lipinski definition) is 2. The number of carbonyl (C=O) groups is 1. The summed E-state index contributed by atoms with van der Waals surface area (Å²) in [4.78, 5) is 19.3. The van der Waals surface area contributed by atoms with Gasteiger partial charge in [-0.1, -0.05) is 36.4 Å². The monoisotopic (exact) mass is 307 g/mol. The number of nitrogens with zero attached hydrogens (tertiary/aromatic N) is 2. The van der Waals surface area contributed by atoms with Crippen LogP contribution in [0.25, 0.3) is 0 Å². The van der Waals surface area contributed by atoms with Gasteiger partial charge in [0.1, 0.15) is 0 Å². The second kappa shape index (κ2) is 7.58. The molecule has 0 aliphatic carbocycles. The number of nitrogens with one attached hydrogen (secondary N) is 1. The van der Waals surface area contributed by atoms with E-state index in [1.165, 1.54) is 6.42 Å². The molecule has 2 aromatic rings. The lowest BCUT2D eigenvalue weighted by atomic mass is 10.1. The first kappa shape index (κ1) is 15.3. The Balaban J connectivity index is 1.83. The summed E-state index contributed by atoms with van der Waals surface area (Å²) in [5.74, 6) is 0.524. The maximum atomic E-state index is 12.5. The third-order valence-electron chi connectivity index (χ3n) is 3.91. The summed E-state index contributed by atoms with van der Waals surface area (Å²) in [6.45, 7) is 1.86. The number of carbonyl (C=O) groups excluding carboxylic acids is 1. The minimum atomic E-state index is -0.120. The highest BCUT2D eigenvalue weighted by atomic mass is 16.1. The van der Waals surface area contributed by atoms with Gasteiger partial charge < -0.3 is 4.90 Å². The quantitative estimate of drug-likeness (QED) is 0.680. The molecule has 118 valence electrons. The van der Waals surface area contributed by atoms with Crippen LogP contribution in [0.5, 0.6) is 0 Å². The predicted octanol–water partition coefficient (Wildman–Crippen LogP) is 3.59. The average molecular weight is 307 g/mol. The topological polar surface area (TPSA) is 44.7 Å². The minimum absolute atomic E-state index is 0.120. The van der Waals surface area contributed by atoms with E-state index >= 15 is 0 Å². The molecule has 0 unspecified atom stereocenters. The number of rotatable bonds is 2. The second-order valence-corrected chi connectivity index (χ2v) is 5.64. The molecule has 0 atom stereocenters. The Morgan fingerprint density at radius 2 is 1.48 bits per heavy atom. The molecule has 1 heterocycles. The van der Waals surface area contributed by atoms with Gasteiger partial charge in [0.25, 0.3) is 5.91 Å². The molecule has 0 spiro atoms. The van der Waals surface area contributed by atoms with E-state index in [1.54, 1.807) is 0 Å². The first-order valence-electron chi connectivity index (χ1n) is 8.08. The van der Waals surface area contributed by atoms with Crippen molar-refractivity contribution in [1.29, 1.82) is 0 Å². The van der Waals surface area contributed by atoms with Crippen molar-refractivity contribution in [3.8, 4) is 0 Å². The van der Waals surface area contributed by atoms with E-state index in [0.29, 0.717) is 11.5 Å². The van der Waals surface area contributed by atoms with Gasteiger partial charge in [-0.3, -0.25) is 10.1 Å². The molecule has 1 N–H and O–H groups in total. The van der Waals surface area contributed by atoms with Gasteiger partial charge in [-0.15, -0.1) is 0 Å². The van der Waals surface area contributed by atoms with Crippen LogP contribution in [0.2, 0.25) is 0 Å². The molecule has 0 radical (unpaired) electrons. The lowest BCUT2D eigenvalue weighted by Gasteiger charge is -2.29. The second-order valence-electron chi connectivity index (χ2n) is 5.64. The van der Waals surface area contributed by atoms with Crippen molar-refractivity contribution in [1.82, 2.24) is 10.2 Å². The number of aliphatic imine (C=N–C) groups is 1. The molecule has 1 fully saturated rings. The third-order valence-corrected chi connectivity index (χ3v) is 3.91. The molecule has 4 heteroatoms. The molecule has 0 aromatic heterocycles. The summed E-state index contributed by atoms with van der Waals surface area (Å²) in [5, 5.41) is 2.99. The molecule has 1 aliphatic heterocycles. The number of amides is 1. The summed E-state index contributed by atoms with van der Waals surface area (Å²) in [5.41, 5.74) is 1.49. The lowest BCUT2D eigenvalue weighted by molar-refractivity contribution is 0.0971. The zero-order valence-electron chi connectivity index (χ0n) is 13.1. The molecular formula is C19H21N3O. The predicted molar refractivity (Wildman–Crippen MR) is 92.9 cm³/mol. The lowest BCUT2D eigenvalue weighted by Crippen LogP contribution is -2.46. The van der Waals surface area contributed by atoms with Gasteiger partial charge in [-0.2, -0.15) is 0 Å². The third kappa shape index (κ3) is 4.19. The van der Waals surface area contributed by atoms with Gasteiger partial charge >= 0.3 is 0 Å². The highest BCUT2D eigenvalue weighted by Crippen LogP contribution is 2.14. The molecule has 23 heavy (non-hydrogen) atoms. The van der Waals surface area contributed by atoms with E-state index in [0.717, 1.165) is 31.6 Å². The fourth-order valence-corrected chi connectivity index (χ4v) is 2.67. The molecule has 3 rings (SSSR count). The van der Waals surface area contributed by atoms with Crippen molar-refractivity contribution in [3.63, 3.8) is 0 Å². The van der Waals surface area contributed by atoms with Crippen LogP contribution in [-0.4, -0.2) is 29.9 Å². The number of benzene rings is 2. The van der Waals surface area contributed by atoms with E-state index in [4.69, 9.17) is 0 Å². The Labute approximate surface area is 136 Å². The van der Waals surface area contributed by atoms with Crippen molar-refractivity contribution in [2.75, 3.05) is 13.1 Å². The number of likely N-dealkylation sites (tertiary alicyclic amines) is 1. The maximum absolute atomic E-state index is 12.5. The average Bonchev–Trinajstić information content (AvgIpc) is 2.63. The first-order valence-corrected chi connectivity index (χ1v) is 8.08. The van der Waals surface area contributed by atoms with Crippen LogP contribution in [-0.2, 0) is 0 Å². The number of hydrogen-bond donors (Lipinski definition) is 1. The van der Waals surface area contributed by atoms with Crippen molar-refractivity contribution >= 4 is 17.6 Å². The standard InChI is InChI=1S/C19H21N3O/c23-18(16-10-4-1-5-11-16)21-19(22-14-8-3-9-15-22)20-17-12-6-2-7-13-17/h1-2,4-7,10-13H,3,8-9,14-15H2,(H,20,21,23). The number of para-hydroxylation sites is 1. The fourth-order valence-electron chi connectivity index (χ4n) is 2.67. The Hall–Kier alpha value is -2.62. The molecule has 1 amide bonds. The van der Waals surface area contributed by atoms with E-state index < -0.39 is 0 Å². The Kier molecular flexibility index (Phi) is 5.04. The largest absolute Gasteiger partial charge is 0.342 e. The zero-order valence-corrected chi connectivity index (χ0v) is 13.1. The van der Waals surface area contributed by atoms with Crippen molar-refractivity contribution in [2.45, 2.75) is 19.3 Å². The van der Waals surface area contributed by atoms with Gasteiger partial charge in [0.05, 0.1) is 5.69 Å². The van der Waals surface area contributed by atoms with Gasteiger partial charge in [0, 0.05) is 18.7 Å². The van der Waals surface area contributed by atoms with Crippen LogP contribution in [0.1, 0.15) is 29.6 Å². The van der Waals surface area contributed by atoms with Crippen molar-refractivity contribution < 1.29 is 4.79 Å². The summed E-state index contributed by atoms with van der Waals surface area (Å²) >= 11 is 0. The molecule has 4 nitrogen and oxygen atoms in total. The van der Waals surface area contributed by atoms with Crippen LogP contribution in [0.4, 0.5) is 5.69 Å². The summed E-state index contributed by atoms with van der Waals surface area (Å²) in [6.07, 6.45) is 3.51. The summed E-state index contributed by atoms with van der Waals surface area (Å²) in [6, 6.07) is 19.0. The van der Waals surface area contributed by atoms with Gasteiger partial charge in [-0.25, -0.2) is 4.99 Å². The van der Waals surface area contributed by atoms with Crippen molar-refractivity contribution in [3.05, 3.63) is 66.2 Å². The molecule has 1 aliphatic rings. The zero-order chi connectivity index (χ0) is 15.9. The molecule has 0 saturated carbocycles. The Morgan fingerprint density at radius 1 is 0.870 bits per heavy atom. The van der Waals surface area contributed by atoms with E-state index in [2.05, 4.69) is 15.2 Å². The van der Waals surface area contributed by atoms with E-state index in [-0.39, 0.29) is 5.91 Å². The molecule has 0 bridgehead atoms. The minimum Gasteiger partial charge on any atom is -0.342 e. The number of piperidine rings is 1. The van der Waals surface area contributed by atoms with Crippen LogP contribution in [0.15, 0.2) is 65.7 Å². The smallest absolute Gasteiger partial charge is 0.257 e. The molecule has 1 saturated heterocycles. The Bertz CT molecular complexity index is 662. The SMILES string of the molecule is O=C(NC(=Nc1ccccc1)N1CCCCC1)c1ccccc1. The van der Waals surface area contributed by atoms with Crippen LogP contribution >= 0.6 is 0 Å². The van der Waals surface area contributed by atoms with Gasteiger partial charge in [0.15, 0.2) is 0 Å². The number of guanidine groups is 1. The van der Waals surface area contributed by atoms with Gasteiger partial charge in [-0.05, 0) is 43.5 Å². The Morgan fingerprint density at radius 3 is 2.13 bits per heavy atom. The van der Waals surface area contributed by atoms with Gasteiger partial charge in [0.2, 0.25) is 5.96 Å². The fraction of sp³-hybridized carbons (Fsp3) is 0.263. The van der Waals surface area contributed by atoms with Crippen LogP contribution in [0, 0.1) is 0 Å². The first-order chi connectivity index (χ1) is 11.3. The highest BCUT2D eigenvalue weighted by Gasteiger charge is 2.18. The maximum Gasteiger partial charge on any atom is 0.257 e. The summed E-state index contributed by atoms with van der Waals surface area (Å²) < 4.78 is 0. The van der Waals surface area contributed by atoms with Crippen LogP contribution in [0.3, 0.4) is 0 Å². The highest BCUT2D eigenvalue weighted by molar-refractivity contribution is 6.06. The van der Waals surface area contributed by atoms with Crippen LogP contribution < -0.4 is 5.32 Å². The van der Waals surface area contributed by atoms with Crippen molar-refractivity contribution in [2.24, 2.45) is 4.99 Å². The molecule has 2 aromatic carbocycles.